The maximum absolute atomic E-state index is 12.2. The molecule has 0 saturated carbocycles. The maximum Gasteiger partial charge on any atom is 0.416 e. The molecule has 1 atom stereocenters. The summed E-state index contributed by atoms with van der Waals surface area (Å²) in [5.74, 6) is -0.919. The number of carbonyl (C=O) groups is 1. The largest absolute Gasteiger partial charge is 0.416 e. The van der Waals surface area contributed by atoms with Crippen molar-refractivity contribution in [2.24, 2.45) is 5.73 Å². The molecule has 0 heterocycles. The van der Waals surface area contributed by atoms with Crippen LogP contribution >= 0.6 is 0 Å². The van der Waals surface area contributed by atoms with Crippen molar-refractivity contribution in [2.75, 3.05) is 0 Å². The molecule has 2 N–H and O–H groups in total. The highest BCUT2D eigenvalue weighted by Crippen LogP contribution is 2.33. The van der Waals surface area contributed by atoms with Gasteiger partial charge in [-0.3, -0.25) is 4.79 Å². The summed E-state index contributed by atoms with van der Waals surface area (Å²) >= 11 is 0. The third kappa shape index (κ3) is 3.22. The number of nitrogens with two attached hydrogens (primary N) is 1. The predicted octanol–water partition coefficient (Wildman–Crippen LogP) is 1.22. The molecule has 0 saturated heterocycles. The summed E-state index contributed by atoms with van der Waals surface area (Å²) in [6.07, 6.45) is -5.77. The van der Waals surface area contributed by atoms with E-state index in [1.165, 1.54) is 6.92 Å². The Kier molecular flexibility index (Phi) is 3.32. The predicted molar refractivity (Wildman–Crippen MR) is 39.9 cm³/mol. The number of alkyl halides is 3. The fourth-order valence-electron chi connectivity index (χ4n) is 0.567. The van der Waals surface area contributed by atoms with E-state index in [-0.39, 0.29) is 0 Å². The van der Waals surface area contributed by atoms with Gasteiger partial charge < -0.3 is 10.5 Å². The van der Waals surface area contributed by atoms with E-state index in [4.69, 9.17) is 5.73 Å². The van der Waals surface area contributed by atoms with Crippen LogP contribution in [0.25, 0.3) is 0 Å². The zero-order valence-electron chi connectivity index (χ0n) is 7.61. The van der Waals surface area contributed by atoms with E-state index in [0.29, 0.717) is 0 Å². The first-order valence-corrected chi connectivity index (χ1v) is 3.62. The minimum Gasteiger partial charge on any atom is -0.367 e. The molecule has 3 nitrogen and oxygen atoms in total. The number of halogens is 3. The quantitative estimate of drug-likeness (QED) is 0.742. The van der Waals surface area contributed by atoms with Crippen LogP contribution in [0.5, 0.6) is 0 Å². The van der Waals surface area contributed by atoms with Gasteiger partial charge in [0.1, 0.15) is 6.10 Å². The minimum absolute atomic E-state index is 0.840. The Hall–Kier alpha value is -0.780. The molecule has 1 amide bonds. The molecule has 0 bridgehead atoms. The number of carbonyl (C=O) groups excluding carboxylic acids is 1. The van der Waals surface area contributed by atoms with E-state index in [1.807, 2.05) is 0 Å². The number of hydrogen-bond acceptors (Lipinski definition) is 2. The van der Waals surface area contributed by atoms with Gasteiger partial charge in [-0.15, -0.1) is 0 Å². The van der Waals surface area contributed by atoms with Crippen LogP contribution in [-0.2, 0) is 9.53 Å². The third-order valence-corrected chi connectivity index (χ3v) is 1.55. The Bertz CT molecular complexity index is 200. The van der Waals surface area contributed by atoms with Crippen molar-refractivity contribution in [3.8, 4) is 0 Å². The molecule has 6 heteroatoms. The topological polar surface area (TPSA) is 52.3 Å². The van der Waals surface area contributed by atoms with E-state index in [9.17, 15) is 18.0 Å². The van der Waals surface area contributed by atoms with Gasteiger partial charge in [0.25, 0.3) is 0 Å². The zero-order chi connectivity index (χ0) is 10.9. The van der Waals surface area contributed by atoms with Crippen molar-refractivity contribution in [1.29, 1.82) is 0 Å². The average molecular weight is 199 g/mol. The van der Waals surface area contributed by atoms with E-state index >= 15 is 0 Å². The lowest BCUT2D eigenvalue weighted by molar-refractivity contribution is -0.271. The van der Waals surface area contributed by atoms with Crippen LogP contribution in [0.15, 0.2) is 0 Å². The van der Waals surface area contributed by atoms with E-state index in [2.05, 4.69) is 4.74 Å². The number of ether oxygens (including phenoxy) is 1. The molecule has 0 aromatic rings. The van der Waals surface area contributed by atoms with E-state index < -0.39 is 23.8 Å². The molecule has 0 spiro atoms. The van der Waals surface area contributed by atoms with Crippen LogP contribution in [0.4, 0.5) is 13.2 Å². The van der Waals surface area contributed by atoms with Crippen LogP contribution in [0, 0.1) is 0 Å². The Balaban J connectivity index is 4.43. The molecule has 0 aliphatic carbocycles. The fourth-order valence-corrected chi connectivity index (χ4v) is 0.567. The molecule has 0 aliphatic rings. The maximum atomic E-state index is 12.2. The molecule has 0 radical (unpaired) electrons. The number of hydrogen-bond donors (Lipinski definition) is 1. The molecular formula is C7H12F3NO2. The molecule has 78 valence electrons. The van der Waals surface area contributed by atoms with Crippen molar-refractivity contribution in [3.05, 3.63) is 0 Å². The average Bonchev–Trinajstić information content (AvgIpc) is 1.83. The summed E-state index contributed by atoms with van der Waals surface area (Å²) < 4.78 is 41.0. The number of rotatable bonds is 3. The van der Waals surface area contributed by atoms with Gasteiger partial charge in [0.15, 0.2) is 5.60 Å². The van der Waals surface area contributed by atoms with Gasteiger partial charge in [-0.2, -0.15) is 13.2 Å². The summed E-state index contributed by atoms with van der Waals surface area (Å²) in [6, 6.07) is 0. The van der Waals surface area contributed by atoms with E-state index in [1.54, 1.807) is 0 Å². The van der Waals surface area contributed by atoms with Crippen molar-refractivity contribution in [3.63, 3.8) is 0 Å². The lowest BCUT2D eigenvalue weighted by Crippen LogP contribution is -2.46. The molecule has 0 rings (SSSR count). The van der Waals surface area contributed by atoms with Crippen molar-refractivity contribution < 1.29 is 22.7 Å². The first-order valence-electron chi connectivity index (χ1n) is 3.62. The number of primary amides is 1. The highest BCUT2D eigenvalue weighted by molar-refractivity contribution is 5.78. The van der Waals surface area contributed by atoms with Crippen LogP contribution in [0.1, 0.15) is 20.8 Å². The molecule has 0 aromatic heterocycles. The van der Waals surface area contributed by atoms with Crippen LogP contribution in [0.2, 0.25) is 0 Å². The Labute approximate surface area is 74.0 Å². The SMILES string of the molecule is CC(OC(C)(C)C(F)(F)F)C(N)=O. The van der Waals surface area contributed by atoms with Crippen LogP contribution in [0.3, 0.4) is 0 Å². The van der Waals surface area contributed by atoms with Gasteiger partial charge >= 0.3 is 6.18 Å². The van der Waals surface area contributed by atoms with Crippen molar-refractivity contribution in [2.45, 2.75) is 38.7 Å². The fraction of sp³-hybridized carbons (Fsp3) is 0.857. The van der Waals surface area contributed by atoms with Gasteiger partial charge in [-0.1, -0.05) is 0 Å². The van der Waals surface area contributed by atoms with Gasteiger partial charge in [-0.05, 0) is 20.8 Å². The Morgan fingerprint density at radius 1 is 1.38 bits per heavy atom. The summed E-state index contributed by atoms with van der Waals surface area (Å²) in [5, 5.41) is 0. The summed E-state index contributed by atoms with van der Waals surface area (Å²) in [7, 11) is 0. The lowest BCUT2D eigenvalue weighted by atomic mass is 10.1. The molecule has 0 aromatic carbocycles. The zero-order valence-corrected chi connectivity index (χ0v) is 7.61. The summed E-state index contributed by atoms with van der Waals surface area (Å²) in [6.45, 7) is 2.86. The molecule has 0 fully saturated rings. The number of amides is 1. The minimum atomic E-state index is -4.52. The molecular weight excluding hydrogens is 187 g/mol. The Morgan fingerprint density at radius 2 is 1.77 bits per heavy atom. The van der Waals surface area contributed by atoms with Gasteiger partial charge in [0.2, 0.25) is 5.91 Å². The van der Waals surface area contributed by atoms with Crippen molar-refractivity contribution in [1.82, 2.24) is 0 Å². The van der Waals surface area contributed by atoms with Crippen molar-refractivity contribution >= 4 is 5.91 Å². The standard InChI is InChI=1S/C7H12F3NO2/c1-4(5(11)12)13-6(2,3)7(8,9)10/h4H,1-3H3,(H2,11,12). The summed E-state index contributed by atoms with van der Waals surface area (Å²) in [5.41, 5.74) is 2.40. The van der Waals surface area contributed by atoms with Gasteiger partial charge in [0.05, 0.1) is 0 Å². The van der Waals surface area contributed by atoms with E-state index in [0.717, 1.165) is 13.8 Å². The first kappa shape index (κ1) is 12.2. The highest BCUT2D eigenvalue weighted by Gasteiger charge is 2.49. The van der Waals surface area contributed by atoms with Crippen LogP contribution < -0.4 is 5.73 Å². The Morgan fingerprint density at radius 3 is 2.00 bits per heavy atom. The molecule has 13 heavy (non-hydrogen) atoms. The third-order valence-electron chi connectivity index (χ3n) is 1.55. The summed E-state index contributed by atoms with van der Waals surface area (Å²) in [4.78, 5) is 10.4. The van der Waals surface area contributed by atoms with Crippen LogP contribution in [-0.4, -0.2) is 23.8 Å². The second-order valence-electron chi connectivity index (χ2n) is 3.17. The monoisotopic (exact) mass is 199 g/mol. The molecule has 0 aliphatic heterocycles. The molecule has 1 unspecified atom stereocenters. The normalized spacial score (nSPS) is 15.5. The smallest absolute Gasteiger partial charge is 0.367 e. The van der Waals surface area contributed by atoms with Gasteiger partial charge in [-0.25, -0.2) is 0 Å². The second kappa shape index (κ2) is 3.53. The lowest BCUT2D eigenvalue weighted by Gasteiger charge is -2.29. The second-order valence-corrected chi connectivity index (χ2v) is 3.17. The highest BCUT2D eigenvalue weighted by atomic mass is 19.4. The van der Waals surface area contributed by atoms with Gasteiger partial charge in [0, 0.05) is 0 Å². The first-order chi connectivity index (χ1) is 5.58.